The summed E-state index contributed by atoms with van der Waals surface area (Å²) in [5.74, 6) is 2.86. The van der Waals surface area contributed by atoms with Crippen LogP contribution in [-0.2, 0) is 74.4 Å². The van der Waals surface area contributed by atoms with Gasteiger partial charge >= 0.3 is 51.4 Å². The fraction of sp³-hybridized carbons (Fsp3) is 0.619. The Labute approximate surface area is 537 Å². The van der Waals surface area contributed by atoms with Gasteiger partial charge < -0.3 is 41.4 Å². The van der Waals surface area contributed by atoms with Gasteiger partial charge in [0.1, 0.15) is 30.0 Å². The van der Waals surface area contributed by atoms with Crippen molar-refractivity contribution >= 4 is 50.6 Å². The first-order valence-electron chi connectivity index (χ1n) is 28.2. The van der Waals surface area contributed by atoms with E-state index in [4.69, 9.17) is 23.6 Å². The van der Waals surface area contributed by atoms with Gasteiger partial charge in [-0.25, -0.2) is 0 Å². The van der Waals surface area contributed by atoms with Gasteiger partial charge in [-0.1, -0.05) is 152 Å². The number of hydrogen-bond donors (Lipinski definition) is 2. The molecule has 0 heterocycles. The number of ether oxygens (including phenoxy) is 1. The van der Waals surface area contributed by atoms with Gasteiger partial charge in [-0.05, 0) is 158 Å². The summed E-state index contributed by atoms with van der Waals surface area (Å²) in [5.41, 5.74) is 7.06. The number of halogens is 1. The van der Waals surface area contributed by atoms with E-state index in [0.717, 1.165) is 95.0 Å². The van der Waals surface area contributed by atoms with Crippen molar-refractivity contribution in [1.29, 1.82) is 0 Å². The summed E-state index contributed by atoms with van der Waals surface area (Å²) in [6, 6.07) is 19.9. The standard InChI is InChI=1S/C34H47BrO4Si.C27H44O3Si.CH2O3.CH3.K.Pd/c1-7-8-10-15-25(39-40(5,6)34(2,3)4)16-17-26-29(36)21-24-20-27-30(38-22-23-13-11-9-12-14-23)19-18-28(35)32(27)33(37)31(24)26;1-7-8-9-12-21(30-31(5,6)27(2,3)4)14-15-22-23-16-19-11-10-13-25(28)24(19)17-20(23)18-26(22)29;2-1-4-3;;;/h9,11-14,18-19,24-25,33,37H,7-8,10,15-17,20-22H2,1-6H3;10-11,13,20-23,28H,7-9,12,14-18H2,1-6H3;1,3H;1H3;;/q;;;-1;+1;/p-1/t24?,25-,33?;20-,21-,22-,23-;;;;/m00..../s1. The van der Waals surface area contributed by atoms with Gasteiger partial charge in [0, 0.05) is 67.0 Å². The zero-order chi connectivity index (χ0) is 55.3. The molecule has 15 heteroatoms. The van der Waals surface area contributed by atoms with Crippen molar-refractivity contribution in [2.75, 3.05) is 0 Å². The molecule has 4 aliphatic carbocycles. The van der Waals surface area contributed by atoms with Gasteiger partial charge in [0.2, 0.25) is 0 Å². The fourth-order valence-electron chi connectivity index (χ4n) is 11.3. The third-order valence-corrected chi connectivity index (χ3v) is 27.4. The van der Waals surface area contributed by atoms with Crippen molar-refractivity contribution in [3.63, 3.8) is 0 Å². The molecule has 0 spiro atoms. The maximum absolute atomic E-state index is 13.4. The van der Waals surface area contributed by atoms with Crippen LogP contribution in [0.4, 0.5) is 0 Å². The second-order valence-electron chi connectivity index (χ2n) is 24.9. The van der Waals surface area contributed by atoms with E-state index < -0.39 is 22.7 Å². The minimum Gasteiger partial charge on any atom is -0.662 e. The molecule has 0 saturated heterocycles. The third-order valence-electron chi connectivity index (χ3n) is 17.6. The molecular weight excluding hydrogens is 1200 g/mol. The second kappa shape index (κ2) is 33.4. The first-order chi connectivity index (χ1) is 35.4. The molecule has 2 unspecified atom stereocenters. The third kappa shape index (κ3) is 19.7. The van der Waals surface area contributed by atoms with Crippen LogP contribution in [-0.4, -0.2) is 57.1 Å². The molecule has 0 amide bonds. The molecule has 0 bridgehead atoms. The maximum Gasteiger partial charge on any atom is 1.00 e. The van der Waals surface area contributed by atoms with E-state index in [1.165, 1.54) is 37.7 Å². The first kappa shape index (κ1) is 73.0. The number of carbonyl (C=O) groups is 3. The minimum absolute atomic E-state index is 0. The quantitative estimate of drug-likeness (QED) is 0.0248. The first-order valence-corrected chi connectivity index (χ1v) is 34.8. The smallest absolute Gasteiger partial charge is 0.662 e. The van der Waals surface area contributed by atoms with Crippen molar-refractivity contribution in [2.45, 2.75) is 226 Å². The number of benzene rings is 3. The van der Waals surface area contributed by atoms with E-state index in [2.05, 4.69) is 108 Å². The number of phenolic OH excluding ortho intramolecular Hbond substituents is 1. The number of aliphatic hydroxyl groups excluding tert-OH is 1. The molecule has 7 atom stereocenters. The van der Waals surface area contributed by atoms with Crippen LogP contribution in [0.25, 0.3) is 0 Å². The molecule has 3 aromatic rings. The molecule has 0 aromatic heterocycles. The normalized spacial score (nSPS) is 20.3. The molecule has 434 valence electrons. The summed E-state index contributed by atoms with van der Waals surface area (Å²) in [6.45, 7) is 27.9. The van der Waals surface area contributed by atoms with Crippen molar-refractivity contribution in [1.82, 2.24) is 0 Å². The van der Waals surface area contributed by atoms with E-state index in [9.17, 15) is 19.8 Å². The number of carbonyl (C=O) groups excluding carboxylic acids is 3. The zero-order valence-corrected chi connectivity index (χ0v) is 58.2. The van der Waals surface area contributed by atoms with Crippen LogP contribution < -0.4 is 61.4 Å². The number of hydrogen-bond acceptors (Lipinski definition) is 10. The molecule has 0 aliphatic heterocycles. The predicted octanol–water partition coefficient (Wildman–Crippen LogP) is 12.2. The number of aliphatic hydroxyl groups is 1. The Bertz CT molecular complexity index is 2390. The average Bonchev–Trinajstić information content (AvgIpc) is 3.84. The molecular formula is C63H95BrKO10PdSi2-. The number of aromatic hydroxyl groups is 1. The summed E-state index contributed by atoms with van der Waals surface area (Å²) in [7, 11) is -3.76. The van der Waals surface area contributed by atoms with Gasteiger partial charge in [0.15, 0.2) is 22.4 Å². The molecule has 3 aromatic carbocycles. The molecule has 78 heavy (non-hydrogen) atoms. The number of allylic oxidation sites excluding steroid dienone is 1. The molecule has 0 radical (unpaired) electrons. The van der Waals surface area contributed by atoms with E-state index in [1.54, 1.807) is 6.07 Å². The number of rotatable bonds is 22. The van der Waals surface area contributed by atoms with E-state index >= 15 is 0 Å². The van der Waals surface area contributed by atoms with Crippen LogP contribution in [0.15, 0.2) is 76.3 Å². The number of unbranched alkanes of at least 4 members (excludes halogenated alkanes) is 4. The van der Waals surface area contributed by atoms with Crippen LogP contribution in [0.5, 0.6) is 11.5 Å². The van der Waals surface area contributed by atoms with Crippen LogP contribution in [0.3, 0.4) is 0 Å². The van der Waals surface area contributed by atoms with E-state index in [0.29, 0.717) is 55.7 Å². The Kier molecular flexibility index (Phi) is 31.2. The van der Waals surface area contributed by atoms with Gasteiger partial charge in [-0.3, -0.25) is 14.4 Å². The Morgan fingerprint density at radius 1 is 0.756 bits per heavy atom. The SMILES string of the molecule is CCCCC[C@@H](CCC1=C2C(CC1=O)Cc1c(OCc3ccccc3)ccc(Br)c1C2O)O[Si](C)(C)C(C)(C)C.CCCCC[C@@H](CC[C@@H]1C(=O)C[C@@H]2Cc3c(O)cccc3C[C@@H]21)O[Si](C)(C)C(C)(C)C.O=CO[O-].[CH3-].[K+].[Pd]. The Hall–Kier alpha value is -1.14. The molecule has 1 fully saturated rings. The summed E-state index contributed by atoms with van der Waals surface area (Å²) < 4.78 is 20.8. The van der Waals surface area contributed by atoms with Crippen LogP contribution in [0.2, 0.25) is 36.3 Å². The van der Waals surface area contributed by atoms with E-state index in [1.807, 2.05) is 48.5 Å². The zero-order valence-electron chi connectivity index (χ0n) is 50.0. The van der Waals surface area contributed by atoms with Crippen LogP contribution >= 0.6 is 15.9 Å². The predicted molar refractivity (Wildman–Crippen MR) is 314 cm³/mol. The van der Waals surface area contributed by atoms with Crippen LogP contribution in [0.1, 0.15) is 179 Å². The monoisotopic (exact) mass is 1290 g/mol. The summed E-state index contributed by atoms with van der Waals surface area (Å²) in [4.78, 5) is 37.6. The molecule has 10 nitrogen and oxygen atoms in total. The van der Waals surface area contributed by atoms with Gasteiger partial charge in [0.25, 0.3) is 6.47 Å². The molecule has 4 aliphatic rings. The number of ketones is 2. The van der Waals surface area contributed by atoms with Gasteiger partial charge in [-0.2, -0.15) is 0 Å². The number of Topliss-reactive ketones (excluding diaryl/α,β-unsaturated/α-hetero) is 2. The topological polar surface area (TPSA) is 152 Å². The summed E-state index contributed by atoms with van der Waals surface area (Å²) in [5, 5.41) is 30.8. The molecule has 7 rings (SSSR count). The van der Waals surface area contributed by atoms with Crippen molar-refractivity contribution in [3.8, 4) is 11.5 Å². The summed E-state index contributed by atoms with van der Waals surface area (Å²) in [6.07, 6.45) is 16.1. The molecule has 1 saturated carbocycles. The average molecular weight is 1290 g/mol. The van der Waals surface area contributed by atoms with Crippen molar-refractivity contribution in [2.24, 2.45) is 23.7 Å². The number of fused-ring (bicyclic) bond motifs is 4. The molecule has 2 N–H and O–H groups in total. The van der Waals surface area contributed by atoms with Gasteiger partial charge in [-0.15, -0.1) is 0 Å². The van der Waals surface area contributed by atoms with Gasteiger partial charge in [0.05, 0.1) is 0 Å². The van der Waals surface area contributed by atoms with E-state index in [-0.39, 0.29) is 126 Å². The van der Waals surface area contributed by atoms with Crippen LogP contribution in [0, 0.1) is 31.1 Å². The Morgan fingerprint density at radius 2 is 1.33 bits per heavy atom. The minimum atomic E-state index is -1.93. The van der Waals surface area contributed by atoms with Crippen molar-refractivity contribution < 1.29 is 120 Å². The largest absolute Gasteiger partial charge is 1.00 e. The van der Waals surface area contributed by atoms with Crippen molar-refractivity contribution in [3.05, 3.63) is 112 Å². The Balaban J connectivity index is 0.000000494. The number of phenols is 1. The summed E-state index contributed by atoms with van der Waals surface area (Å²) >= 11 is 3.70. The maximum atomic E-state index is 13.4. The second-order valence-corrected chi connectivity index (χ2v) is 35.3. The Morgan fingerprint density at radius 3 is 1.88 bits per heavy atom. The fourth-order valence-corrected chi connectivity index (χ4v) is 14.8.